The molecular formula is C15H11N3O2. The molecule has 1 aromatic carbocycles. The predicted octanol–water partition coefficient (Wildman–Crippen LogP) is 2.75. The maximum Gasteiger partial charge on any atom is 0.411 e. The van der Waals surface area contributed by atoms with Gasteiger partial charge in [0.25, 0.3) is 0 Å². The van der Waals surface area contributed by atoms with Crippen molar-refractivity contribution < 1.29 is 9.53 Å². The van der Waals surface area contributed by atoms with Crippen molar-refractivity contribution in [2.75, 3.05) is 0 Å². The minimum Gasteiger partial charge on any atom is -0.391 e. The molecule has 0 aliphatic carbocycles. The number of carbonyl (C=O) groups excluding carboxylic acids is 1. The molecule has 5 nitrogen and oxygen atoms in total. The summed E-state index contributed by atoms with van der Waals surface area (Å²) in [5.41, 5.74) is 7.80. The van der Waals surface area contributed by atoms with Gasteiger partial charge in [0.2, 0.25) is 5.88 Å². The number of fused-ring (bicyclic) bond motifs is 1. The molecule has 20 heavy (non-hydrogen) atoms. The molecule has 5 heteroatoms. The third-order valence-corrected chi connectivity index (χ3v) is 2.90. The zero-order valence-electron chi connectivity index (χ0n) is 10.5. The van der Waals surface area contributed by atoms with E-state index < -0.39 is 6.09 Å². The van der Waals surface area contributed by atoms with Crippen molar-refractivity contribution in [3.63, 3.8) is 0 Å². The lowest BCUT2D eigenvalue weighted by Crippen LogP contribution is -2.16. The molecule has 1 amide bonds. The topological polar surface area (TPSA) is 78.1 Å². The van der Waals surface area contributed by atoms with Gasteiger partial charge in [-0.15, -0.1) is 0 Å². The number of hydrogen-bond donors (Lipinski definition) is 1. The van der Waals surface area contributed by atoms with Crippen molar-refractivity contribution in [3.05, 3.63) is 54.9 Å². The number of amides is 1. The smallest absolute Gasteiger partial charge is 0.391 e. The van der Waals surface area contributed by atoms with Crippen molar-refractivity contribution in [1.82, 2.24) is 9.97 Å². The molecular weight excluding hydrogens is 254 g/mol. The van der Waals surface area contributed by atoms with E-state index in [1.165, 1.54) is 0 Å². The molecule has 0 spiro atoms. The van der Waals surface area contributed by atoms with E-state index in [0.29, 0.717) is 0 Å². The van der Waals surface area contributed by atoms with Gasteiger partial charge in [-0.1, -0.05) is 18.2 Å². The number of carbonyl (C=O) groups is 1. The molecule has 2 heterocycles. The zero-order valence-corrected chi connectivity index (χ0v) is 10.5. The normalized spacial score (nSPS) is 10.4. The molecule has 0 saturated heterocycles. The maximum atomic E-state index is 10.7. The Morgan fingerprint density at radius 3 is 2.70 bits per heavy atom. The van der Waals surface area contributed by atoms with Gasteiger partial charge in [-0.3, -0.25) is 4.98 Å². The molecule has 0 bridgehead atoms. The zero-order chi connectivity index (χ0) is 13.9. The van der Waals surface area contributed by atoms with Gasteiger partial charge in [0, 0.05) is 29.4 Å². The first-order chi connectivity index (χ1) is 9.74. The number of ether oxygens (including phenoxy) is 1. The van der Waals surface area contributed by atoms with Crippen LogP contribution < -0.4 is 10.5 Å². The summed E-state index contributed by atoms with van der Waals surface area (Å²) in [6.07, 6.45) is 2.52. The van der Waals surface area contributed by atoms with Crippen LogP contribution >= 0.6 is 0 Å². The predicted molar refractivity (Wildman–Crippen MR) is 75.2 cm³/mol. The van der Waals surface area contributed by atoms with Crippen molar-refractivity contribution in [2.24, 2.45) is 5.73 Å². The molecule has 0 saturated carbocycles. The standard InChI is InChI=1S/C15H11N3O2/c16-15(19)20-14-7-6-10(9-18-14)11-3-1-5-13-12(11)4-2-8-17-13/h1-9H,(H2,16,19). The molecule has 3 aromatic rings. The highest BCUT2D eigenvalue weighted by molar-refractivity contribution is 5.94. The molecule has 2 aromatic heterocycles. The first-order valence-corrected chi connectivity index (χ1v) is 6.01. The van der Waals surface area contributed by atoms with E-state index in [9.17, 15) is 4.79 Å². The summed E-state index contributed by atoms with van der Waals surface area (Å²) >= 11 is 0. The number of pyridine rings is 2. The average molecular weight is 265 g/mol. The first-order valence-electron chi connectivity index (χ1n) is 6.01. The van der Waals surface area contributed by atoms with Crippen LogP contribution in [0.2, 0.25) is 0 Å². The second-order valence-corrected chi connectivity index (χ2v) is 4.18. The summed E-state index contributed by atoms with van der Waals surface area (Å²) in [5.74, 6) is 0.180. The summed E-state index contributed by atoms with van der Waals surface area (Å²) in [5, 5.41) is 1.04. The third kappa shape index (κ3) is 2.29. The Morgan fingerprint density at radius 1 is 1.05 bits per heavy atom. The molecule has 0 unspecified atom stereocenters. The van der Waals surface area contributed by atoms with Crippen LogP contribution in [0, 0.1) is 0 Å². The lowest BCUT2D eigenvalue weighted by molar-refractivity contribution is 0.209. The number of aromatic nitrogens is 2. The largest absolute Gasteiger partial charge is 0.411 e. The molecule has 0 aliphatic rings. The molecule has 2 N–H and O–H groups in total. The summed E-state index contributed by atoms with van der Waals surface area (Å²) in [6.45, 7) is 0. The Labute approximate surface area is 115 Å². The van der Waals surface area contributed by atoms with Crippen LogP contribution in [0.25, 0.3) is 22.0 Å². The van der Waals surface area contributed by atoms with Crippen LogP contribution in [0.15, 0.2) is 54.9 Å². The van der Waals surface area contributed by atoms with E-state index in [-0.39, 0.29) is 5.88 Å². The van der Waals surface area contributed by atoms with Crippen LogP contribution in [-0.4, -0.2) is 16.1 Å². The van der Waals surface area contributed by atoms with Gasteiger partial charge in [-0.05, 0) is 23.8 Å². The first kappa shape index (κ1) is 12.1. The number of hydrogen-bond acceptors (Lipinski definition) is 4. The van der Waals surface area contributed by atoms with Gasteiger partial charge in [0.15, 0.2) is 0 Å². The highest BCUT2D eigenvalue weighted by Crippen LogP contribution is 2.27. The minimum absolute atomic E-state index is 0.180. The molecule has 0 atom stereocenters. The molecule has 3 rings (SSSR count). The number of benzene rings is 1. The van der Waals surface area contributed by atoms with E-state index >= 15 is 0 Å². The summed E-state index contributed by atoms with van der Waals surface area (Å²) in [7, 11) is 0. The quantitative estimate of drug-likeness (QED) is 0.772. The second-order valence-electron chi connectivity index (χ2n) is 4.18. The van der Waals surface area contributed by atoms with Gasteiger partial charge >= 0.3 is 6.09 Å². The third-order valence-electron chi connectivity index (χ3n) is 2.90. The van der Waals surface area contributed by atoms with Crippen LogP contribution in [0.5, 0.6) is 5.88 Å². The summed E-state index contributed by atoms with van der Waals surface area (Å²) < 4.78 is 4.71. The summed E-state index contributed by atoms with van der Waals surface area (Å²) in [6, 6.07) is 13.2. The Kier molecular flexibility index (Phi) is 3.01. The highest BCUT2D eigenvalue weighted by atomic mass is 16.6. The Hall–Kier alpha value is -2.95. The van der Waals surface area contributed by atoms with E-state index in [1.807, 2.05) is 36.4 Å². The van der Waals surface area contributed by atoms with Gasteiger partial charge in [-0.2, -0.15) is 0 Å². The van der Waals surface area contributed by atoms with Crippen molar-refractivity contribution in [1.29, 1.82) is 0 Å². The number of nitrogens with two attached hydrogens (primary N) is 1. The molecule has 0 fully saturated rings. The Balaban J connectivity index is 2.05. The van der Waals surface area contributed by atoms with Crippen LogP contribution in [-0.2, 0) is 0 Å². The Morgan fingerprint density at radius 2 is 1.95 bits per heavy atom. The maximum absolute atomic E-state index is 10.7. The summed E-state index contributed by atoms with van der Waals surface area (Å²) in [4.78, 5) is 19.0. The van der Waals surface area contributed by atoms with E-state index in [0.717, 1.165) is 22.0 Å². The fraction of sp³-hybridized carbons (Fsp3) is 0. The number of primary amides is 1. The number of nitrogens with zero attached hydrogens (tertiary/aromatic N) is 2. The van der Waals surface area contributed by atoms with Crippen molar-refractivity contribution in [3.8, 4) is 17.0 Å². The highest BCUT2D eigenvalue weighted by Gasteiger charge is 2.06. The Bertz CT molecular complexity index is 764. The van der Waals surface area contributed by atoms with Gasteiger partial charge in [-0.25, -0.2) is 9.78 Å². The molecule has 0 radical (unpaired) electrons. The molecule has 0 aliphatic heterocycles. The lowest BCUT2D eigenvalue weighted by Gasteiger charge is -2.06. The number of rotatable bonds is 2. The minimum atomic E-state index is -0.875. The monoisotopic (exact) mass is 265 g/mol. The fourth-order valence-electron chi connectivity index (χ4n) is 2.06. The van der Waals surface area contributed by atoms with E-state index in [4.69, 9.17) is 10.5 Å². The second kappa shape index (κ2) is 4.97. The van der Waals surface area contributed by atoms with Gasteiger partial charge < -0.3 is 10.5 Å². The van der Waals surface area contributed by atoms with Crippen LogP contribution in [0.4, 0.5) is 4.79 Å². The van der Waals surface area contributed by atoms with Crippen molar-refractivity contribution in [2.45, 2.75) is 0 Å². The molecule has 98 valence electrons. The average Bonchev–Trinajstić information content (AvgIpc) is 2.47. The van der Waals surface area contributed by atoms with Crippen molar-refractivity contribution >= 4 is 17.0 Å². The van der Waals surface area contributed by atoms with Gasteiger partial charge in [0.05, 0.1) is 5.52 Å². The van der Waals surface area contributed by atoms with E-state index in [2.05, 4.69) is 9.97 Å². The van der Waals surface area contributed by atoms with Crippen LogP contribution in [0.1, 0.15) is 0 Å². The van der Waals surface area contributed by atoms with Crippen LogP contribution in [0.3, 0.4) is 0 Å². The SMILES string of the molecule is NC(=O)Oc1ccc(-c2cccc3ncccc23)cn1. The van der Waals surface area contributed by atoms with Gasteiger partial charge in [0.1, 0.15) is 0 Å². The lowest BCUT2D eigenvalue weighted by atomic mass is 10.0. The van der Waals surface area contributed by atoms with E-state index in [1.54, 1.807) is 18.5 Å². The fourth-order valence-corrected chi connectivity index (χ4v) is 2.06.